The maximum absolute atomic E-state index is 13.6. The van der Waals surface area contributed by atoms with E-state index in [4.69, 9.17) is 9.47 Å². The third-order valence-electron chi connectivity index (χ3n) is 5.54. The van der Waals surface area contributed by atoms with Gasteiger partial charge in [-0.25, -0.2) is 9.18 Å². The number of amides is 3. The molecule has 2 atom stereocenters. The molecule has 0 saturated carbocycles. The summed E-state index contributed by atoms with van der Waals surface area (Å²) < 4.78 is 62.5. The highest BCUT2D eigenvalue weighted by Gasteiger charge is 2.40. The van der Waals surface area contributed by atoms with Gasteiger partial charge < -0.3 is 24.6 Å². The minimum absolute atomic E-state index is 0.0431. The summed E-state index contributed by atoms with van der Waals surface area (Å²) in [6.07, 6.45) is -4.44. The molecule has 11 heteroatoms. The summed E-state index contributed by atoms with van der Waals surface area (Å²) in [5.41, 5.74) is -1.02. The van der Waals surface area contributed by atoms with Gasteiger partial charge in [0.1, 0.15) is 12.4 Å². The molecule has 1 aromatic rings. The molecule has 0 aliphatic carbocycles. The van der Waals surface area contributed by atoms with E-state index in [9.17, 15) is 27.2 Å². The average Bonchev–Trinajstić information content (AvgIpc) is 2.65. The summed E-state index contributed by atoms with van der Waals surface area (Å²) in [7, 11) is 0. The second-order valence-electron chi connectivity index (χ2n) is 7.69. The largest absolute Gasteiger partial charge is 0.419 e. The molecule has 4 rings (SSSR count). The summed E-state index contributed by atoms with van der Waals surface area (Å²) in [6, 6.07) is 2.32. The molecule has 0 aromatic heterocycles. The van der Waals surface area contributed by atoms with Crippen LogP contribution in [0.4, 0.5) is 22.4 Å². The number of nitrogens with one attached hydrogen (secondary N) is 1. The van der Waals surface area contributed by atoms with Crippen molar-refractivity contribution in [1.82, 2.24) is 15.1 Å². The van der Waals surface area contributed by atoms with Crippen LogP contribution in [0, 0.1) is 5.82 Å². The lowest BCUT2D eigenvalue weighted by Crippen LogP contribution is -2.65. The maximum atomic E-state index is 13.6. The molecule has 164 valence electrons. The van der Waals surface area contributed by atoms with E-state index in [1.54, 1.807) is 9.80 Å². The second kappa shape index (κ2) is 8.03. The number of morpholine rings is 1. The van der Waals surface area contributed by atoms with Crippen LogP contribution < -0.4 is 5.32 Å². The molecule has 30 heavy (non-hydrogen) atoms. The molecule has 0 spiro atoms. The fourth-order valence-corrected chi connectivity index (χ4v) is 3.87. The standard InChI is InChI=1S/C19H21F4N3O4/c20-14-5-11(1-2-13(14)19(21,22)23)9-29-12-6-26(7-12)18(28)25-4-3-16-15(8-25)24-17(27)10-30-16/h1-2,5,12,15-16H,3-4,6-10H2,(H,24,27)/t15-,16+/m1/s1. The molecular weight excluding hydrogens is 410 g/mol. The number of halogens is 4. The molecule has 1 aromatic carbocycles. The Balaban J connectivity index is 1.23. The predicted octanol–water partition coefficient (Wildman–Crippen LogP) is 1.75. The lowest BCUT2D eigenvalue weighted by molar-refractivity contribution is -0.140. The number of fused-ring (bicyclic) bond motifs is 1. The zero-order valence-electron chi connectivity index (χ0n) is 16.0. The van der Waals surface area contributed by atoms with Crippen LogP contribution in [0.25, 0.3) is 0 Å². The van der Waals surface area contributed by atoms with Gasteiger partial charge >= 0.3 is 12.2 Å². The van der Waals surface area contributed by atoms with Crippen molar-refractivity contribution in [2.45, 2.75) is 37.5 Å². The van der Waals surface area contributed by atoms with Gasteiger partial charge in [-0.1, -0.05) is 6.07 Å². The van der Waals surface area contributed by atoms with E-state index < -0.39 is 17.6 Å². The number of alkyl halides is 3. The number of carbonyl (C=O) groups excluding carboxylic acids is 2. The predicted molar refractivity (Wildman–Crippen MR) is 94.8 cm³/mol. The molecule has 7 nitrogen and oxygen atoms in total. The number of likely N-dealkylation sites (tertiary alicyclic amines) is 2. The van der Waals surface area contributed by atoms with Crippen molar-refractivity contribution in [1.29, 1.82) is 0 Å². The zero-order chi connectivity index (χ0) is 21.5. The first-order chi connectivity index (χ1) is 14.2. The van der Waals surface area contributed by atoms with E-state index in [1.807, 2.05) is 0 Å². The van der Waals surface area contributed by atoms with E-state index in [-0.39, 0.29) is 43.4 Å². The number of carbonyl (C=O) groups is 2. The van der Waals surface area contributed by atoms with Crippen LogP contribution in [-0.4, -0.2) is 72.8 Å². The van der Waals surface area contributed by atoms with Gasteiger partial charge in [-0.3, -0.25) is 4.79 Å². The van der Waals surface area contributed by atoms with E-state index >= 15 is 0 Å². The Labute approximate surface area is 169 Å². The van der Waals surface area contributed by atoms with Crippen LogP contribution in [-0.2, 0) is 27.1 Å². The highest BCUT2D eigenvalue weighted by atomic mass is 19.4. The third kappa shape index (κ3) is 4.36. The Morgan fingerprint density at radius 3 is 2.70 bits per heavy atom. The van der Waals surface area contributed by atoms with E-state index in [0.29, 0.717) is 44.2 Å². The van der Waals surface area contributed by atoms with Gasteiger partial charge in [0.2, 0.25) is 5.91 Å². The first-order valence-corrected chi connectivity index (χ1v) is 9.63. The molecule has 0 bridgehead atoms. The summed E-state index contributed by atoms with van der Waals surface area (Å²) in [5, 5.41) is 2.84. The molecule has 3 aliphatic rings. The SMILES string of the molecule is O=C1CO[C@H]2CCN(C(=O)N3CC(OCc4ccc(C(F)(F)F)c(F)c4)C3)C[C@H]2N1. The summed E-state index contributed by atoms with van der Waals surface area (Å²) in [5.74, 6) is -1.53. The summed E-state index contributed by atoms with van der Waals surface area (Å²) in [4.78, 5) is 27.4. The van der Waals surface area contributed by atoms with Crippen LogP contribution in [0.5, 0.6) is 0 Å². The lowest BCUT2D eigenvalue weighted by atomic mass is 10.0. The van der Waals surface area contributed by atoms with Crippen molar-refractivity contribution >= 4 is 11.9 Å². The molecule has 0 unspecified atom stereocenters. The van der Waals surface area contributed by atoms with Crippen molar-refractivity contribution in [3.63, 3.8) is 0 Å². The molecule has 3 aliphatic heterocycles. The smallest absolute Gasteiger partial charge is 0.370 e. The zero-order valence-corrected chi connectivity index (χ0v) is 16.0. The second-order valence-corrected chi connectivity index (χ2v) is 7.69. The summed E-state index contributed by atoms with van der Waals surface area (Å²) >= 11 is 0. The van der Waals surface area contributed by atoms with Gasteiger partial charge in [0.15, 0.2) is 0 Å². The van der Waals surface area contributed by atoms with Gasteiger partial charge in [-0.2, -0.15) is 13.2 Å². The normalized spacial score (nSPS) is 24.9. The number of rotatable bonds is 3. The molecule has 3 saturated heterocycles. The Morgan fingerprint density at radius 1 is 1.23 bits per heavy atom. The number of piperidine rings is 1. The quantitative estimate of drug-likeness (QED) is 0.741. The summed E-state index contributed by atoms with van der Waals surface area (Å²) in [6.45, 7) is 1.59. The molecule has 3 heterocycles. The lowest BCUT2D eigenvalue weighted by Gasteiger charge is -2.45. The van der Waals surface area contributed by atoms with Crippen LogP contribution in [0.1, 0.15) is 17.5 Å². The molecule has 3 fully saturated rings. The Kier molecular flexibility index (Phi) is 5.58. The Bertz CT molecular complexity index is 828. The van der Waals surface area contributed by atoms with Crippen LogP contribution >= 0.6 is 0 Å². The third-order valence-corrected chi connectivity index (χ3v) is 5.54. The van der Waals surface area contributed by atoms with Gasteiger partial charge in [-0.15, -0.1) is 0 Å². The van der Waals surface area contributed by atoms with Gasteiger partial charge in [0.25, 0.3) is 0 Å². The van der Waals surface area contributed by atoms with E-state index in [2.05, 4.69) is 5.32 Å². The topological polar surface area (TPSA) is 71.1 Å². The minimum atomic E-state index is -4.74. The van der Waals surface area contributed by atoms with Crippen molar-refractivity contribution in [2.75, 3.05) is 32.8 Å². The Morgan fingerprint density at radius 2 is 2.00 bits per heavy atom. The monoisotopic (exact) mass is 431 g/mol. The van der Waals surface area contributed by atoms with Crippen LogP contribution in [0.2, 0.25) is 0 Å². The highest BCUT2D eigenvalue weighted by Crippen LogP contribution is 2.32. The number of benzene rings is 1. The minimum Gasteiger partial charge on any atom is -0.370 e. The Hall–Kier alpha value is -2.40. The molecular formula is C19H21F4N3O4. The number of hydrogen-bond donors (Lipinski definition) is 1. The first-order valence-electron chi connectivity index (χ1n) is 9.63. The highest BCUT2D eigenvalue weighted by molar-refractivity contribution is 5.79. The number of urea groups is 1. The van der Waals surface area contributed by atoms with Gasteiger partial charge in [-0.05, 0) is 24.1 Å². The number of hydrogen-bond acceptors (Lipinski definition) is 4. The molecule has 3 amide bonds. The fraction of sp³-hybridized carbons (Fsp3) is 0.579. The van der Waals surface area contributed by atoms with Crippen LogP contribution in [0.3, 0.4) is 0 Å². The van der Waals surface area contributed by atoms with Crippen molar-refractivity contribution in [2.24, 2.45) is 0 Å². The molecule has 0 radical (unpaired) electrons. The molecule has 1 N–H and O–H groups in total. The van der Waals surface area contributed by atoms with Crippen molar-refractivity contribution in [3.05, 3.63) is 35.1 Å². The average molecular weight is 431 g/mol. The van der Waals surface area contributed by atoms with Crippen molar-refractivity contribution in [3.8, 4) is 0 Å². The maximum Gasteiger partial charge on any atom is 0.419 e. The van der Waals surface area contributed by atoms with Gasteiger partial charge in [0.05, 0.1) is 43.5 Å². The fourth-order valence-electron chi connectivity index (χ4n) is 3.87. The van der Waals surface area contributed by atoms with Crippen molar-refractivity contribution < 1.29 is 36.6 Å². The first kappa shape index (κ1) is 20.9. The van der Waals surface area contributed by atoms with E-state index in [0.717, 1.165) is 6.07 Å². The number of ether oxygens (including phenoxy) is 2. The van der Waals surface area contributed by atoms with Gasteiger partial charge in [0, 0.05) is 13.1 Å². The van der Waals surface area contributed by atoms with E-state index in [1.165, 1.54) is 6.07 Å². The van der Waals surface area contributed by atoms with Crippen LogP contribution in [0.15, 0.2) is 18.2 Å². The number of nitrogens with zero attached hydrogens (tertiary/aromatic N) is 2.